The number of nitrogens with one attached hydrogen (secondary N) is 1. The molecule has 0 unspecified atom stereocenters. The molecule has 1 aromatic heterocycles. The number of benzene rings is 1. The molecule has 0 aliphatic carbocycles. The van der Waals surface area contributed by atoms with Gasteiger partial charge in [0, 0.05) is 51.2 Å². The summed E-state index contributed by atoms with van der Waals surface area (Å²) in [4.78, 5) is 17.2. The number of likely N-dealkylation sites (N-methyl/N-ethyl adjacent to an activating group) is 1. The summed E-state index contributed by atoms with van der Waals surface area (Å²) in [7, 11) is -1.95. The van der Waals surface area contributed by atoms with E-state index in [0.29, 0.717) is 21.3 Å². The molecule has 2 aromatic rings. The molecule has 1 amide bonds. The molecule has 1 saturated heterocycles. The molecule has 1 N–H and O–H groups in total. The van der Waals surface area contributed by atoms with E-state index in [9.17, 15) is 13.2 Å². The van der Waals surface area contributed by atoms with Crippen molar-refractivity contribution in [3.05, 3.63) is 40.7 Å². The number of thiophene rings is 1. The standard InChI is InChI=1S/C21H29ClN4O3S2/c1-3-25-11-13-26(14-12-25)19-9-8-17(22)16-18(19)23-20(27)6-4-10-24(2)31(28,29)21-7-5-15-30-21/h5,7-9,15-16H,3-4,6,10-14H2,1-2H3,(H,23,27). The predicted octanol–water partition coefficient (Wildman–Crippen LogP) is 3.58. The first-order valence-corrected chi connectivity index (χ1v) is 13.1. The highest BCUT2D eigenvalue weighted by Gasteiger charge is 2.22. The Hall–Kier alpha value is -1.65. The molecule has 0 radical (unpaired) electrons. The summed E-state index contributed by atoms with van der Waals surface area (Å²) in [6, 6.07) is 8.85. The van der Waals surface area contributed by atoms with Crippen LogP contribution in [0.4, 0.5) is 11.4 Å². The Morgan fingerprint density at radius 1 is 1.23 bits per heavy atom. The molecule has 0 atom stereocenters. The second-order valence-electron chi connectivity index (χ2n) is 7.49. The fraction of sp³-hybridized carbons (Fsp3) is 0.476. The smallest absolute Gasteiger partial charge is 0.252 e. The largest absolute Gasteiger partial charge is 0.367 e. The highest BCUT2D eigenvalue weighted by Crippen LogP contribution is 2.30. The molecule has 3 rings (SSSR count). The van der Waals surface area contributed by atoms with E-state index in [4.69, 9.17) is 11.6 Å². The third-order valence-corrected chi connectivity index (χ3v) is 8.89. The number of anilines is 2. The van der Waals surface area contributed by atoms with Crippen LogP contribution in [0.25, 0.3) is 0 Å². The van der Waals surface area contributed by atoms with Gasteiger partial charge in [-0.2, -0.15) is 0 Å². The van der Waals surface area contributed by atoms with Crippen LogP contribution in [0.3, 0.4) is 0 Å². The minimum atomic E-state index is -3.49. The first-order chi connectivity index (χ1) is 14.8. The maximum Gasteiger partial charge on any atom is 0.252 e. The number of carbonyl (C=O) groups is 1. The number of nitrogens with zero attached hydrogens (tertiary/aromatic N) is 3. The predicted molar refractivity (Wildman–Crippen MR) is 128 cm³/mol. The van der Waals surface area contributed by atoms with Crippen LogP contribution in [-0.2, 0) is 14.8 Å². The number of sulfonamides is 1. The first kappa shape index (κ1) is 24.0. The summed E-state index contributed by atoms with van der Waals surface area (Å²) in [5, 5.41) is 5.27. The van der Waals surface area contributed by atoms with Crippen molar-refractivity contribution in [2.24, 2.45) is 0 Å². The van der Waals surface area contributed by atoms with Crippen LogP contribution in [0, 0.1) is 0 Å². The van der Waals surface area contributed by atoms with Crippen LogP contribution in [0.15, 0.2) is 39.9 Å². The van der Waals surface area contributed by atoms with Crippen molar-refractivity contribution >= 4 is 50.2 Å². The van der Waals surface area contributed by atoms with Gasteiger partial charge in [-0.1, -0.05) is 24.6 Å². The third-order valence-electron chi connectivity index (χ3n) is 5.43. The number of halogens is 1. The monoisotopic (exact) mass is 484 g/mol. The van der Waals surface area contributed by atoms with Crippen LogP contribution < -0.4 is 10.2 Å². The Kier molecular flexibility index (Phi) is 8.35. The minimum Gasteiger partial charge on any atom is -0.367 e. The van der Waals surface area contributed by atoms with Crippen LogP contribution >= 0.6 is 22.9 Å². The van der Waals surface area contributed by atoms with Crippen molar-refractivity contribution in [2.45, 2.75) is 24.0 Å². The maximum atomic E-state index is 12.6. The Labute approximate surface area is 193 Å². The molecule has 1 aromatic carbocycles. The fourth-order valence-corrected chi connectivity index (χ4v) is 6.13. The lowest BCUT2D eigenvalue weighted by molar-refractivity contribution is -0.116. The van der Waals surface area contributed by atoms with Gasteiger partial charge in [0.1, 0.15) is 4.21 Å². The van der Waals surface area contributed by atoms with Gasteiger partial charge >= 0.3 is 0 Å². The van der Waals surface area contributed by atoms with Crippen LogP contribution in [-0.4, -0.2) is 69.8 Å². The molecule has 2 heterocycles. The van der Waals surface area contributed by atoms with Gasteiger partial charge in [0.25, 0.3) is 10.0 Å². The summed E-state index contributed by atoms with van der Waals surface area (Å²) >= 11 is 7.37. The molecule has 1 fully saturated rings. The van der Waals surface area contributed by atoms with E-state index < -0.39 is 10.0 Å². The van der Waals surface area contributed by atoms with Gasteiger partial charge in [0.2, 0.25) is 5.91 Å². The summed E-state index contributed by atoms with van der Waals surface area (Å²) in [6.07, 6.45) is 0.651. The molecule has 31 heavy (non-hydrogen) atoms. The number of amides is 1. The molecule has 0 bridgehead atoms. The highest BCUT2D eigenvalue weighted by atomic mass is 35.5. The third kappa shape index (κ3) is 6.20. The summed E-state index contributed by atoms with van der Waals surface area (Å²) in [5.41, 5.74) is 1.66. The van der Waals surface area contributed by atoms with Gasteiger partial charge in [0.05, 0.1) is 11.4 Å². The van der Waals surface area contributed by atoms with Crippen molar-refractivity contribution in [3.63, 3.8) is 0 Å². The van der Waals surface area contributed by atoms with Crippen LogP contribution in [0.2, 0.25) is 5.02 Å². The van der Waals surface area contributed by atoms with Crippen molar-refractivity contribution in [1.29, 1.82) is 0 Å². The maximum absolute atomic E-state index is 12.6. The minimum absolute atomic E-state index is 0.155. The topological polar surface area (TPSA) is 73.0 Å². The van der Waals surface area contributed by atoms with Gasteiger partial charge < -0.3 is 15.1 Å². The van der Waals surface area contributed by atoms with E-state index in [-0.39, 0.29) is 18.9 Å². The summed E-state index contributed by atoms with van der Waals surface area (Å²) < 4.78 is 26.6. The highest BCUT2D eigenvalue weighted by molar-refractivity contribution is 7.91. The van der Waals surface area contributed by atoms with E-state index in [2.05, 4.69) is 22.0 Å². The average Bonchev–Trinajstić information content (AvgIpc) is 3.30. The van der Waals surface area contributed by atoms with Crippen molar-refractivity contribution in [2.75, 3.05) is 56.5 Å². The lowest BCUT2D eigenvalue weighted by atomic mass is 10.2. The van der Waals surface area contributed by atoms with Gasteiger partial charge in [-0.3, -0.25) is 4.79 Å². The normalized spacial score (nSPS) is 15.4. The average molecular weight is 485 g/mol. The van der Waals surface area contributed by atoms with Gasteiger partial charge in [-0.05, 0) is 42.6 Å². The zero-order valence-corrected chi connectivity index (χ0v) is 20.3. The molecule has 10 heteroatoms. The van der Waals surface area contributed by atoms with E-state index in [0.717, 1.165) is 38.4 Å². The van der Waals surface area contributed by atoms with Crippen LogP contribution in [0.5, 0.6) is 0 Å². The quantitative estimate of drug-likeness (QED) is 0.589. The lowest BCUT2D eigenvalue weighted by Gasteiger charge is -2.36. The van der Waals surface area contributed by atoms with E-state index in [1.54, 1.807) is 23.6 Å². The van der Waals surface area contributed by atoms with E-state index in [1.807, 2.05) is 12.1 Å². The molecule has 0 spiro atoms. The zero-order chi connectivity index (χ0) is 22.4. The number of hydrogen-bond donors (Lipinski definition) is 1. The van der Waals surface area contributed by atoms with Crippen LogP contribution in [0.1, 0.15) is 19.8 Å². The van der Waals surface area contributed by atoms with Gasteiger partial charge in [-0.25, -0.2) is 12.7 Å². The summed E-state index contributed by atoms with van der Waals surface area (Å²) in [6.45, 7) is 7.22. The molecule has 1 aliphatic heterocycles. The van der Waals surface area contributed by atoms with Gasteiger partial charge in [0.15, 0.2) is 0 Å². The lowest BCUT2D eigenvalue weighted by Crippen LogP contribution is -2.46. The molecule has 170 valence electrons. The SMILES string of the molecule is CCN1CCN(c2ccc(Cl)cc2NC(=O)CCCN(C)S(=O)(=O)c2cccs2)CC1. The second kappa shape index (κ2) is 10.8. The van der Waals surface area contributed by atoms with Crippen molar-refractivity contribution in [1.82, 2.24) is 9.21 Å². The zero-order valence-electron chi connectivity index (χ0n) is 17.9. The number of hydrogen-bond acceptors (Lipinski definition) is 6. The number of carbonyl (C=O) groups excluding carboxylic acids is 1. The molecular weight excluding hydrogens is 456 g/mol. The Balaban J connectivity index is 1.56. The molecule has 1 aliphatic rings. The Bertz CT molecular complexity index is 975. The van der Waals surface area contributed by atoms with Crippen molar-refractivity contribution < 1.29 is 13.2 Å². The molecule has 0 saturated carbocycles. The van der Waals surface area contributed by atoms with Gasteiger partial charge in [-0.15, -0.1) is 11.3 Å². The summed E-state index contributed by atoms with van der Waals surface area (Å²) in [5.74, 6) is -0.155. The first-order valence-electron chi connectivity index (χ1n) is 10.4. The fourth-order valence-electron chi connectivity index (χ4n) is 3.55. The van der Waals surface area contributed by atoms with Crippen molar-refractivity contribution in [3.8, 4) is 0 Å². The number of rotatable bonds is 9. The second-order valence-corrected chi connectivity index (χ2v) is 11.1. The number of piperazine rings is 1. The Morgan fingerprint density at radius 2 is 1.97 bits per heavy atom. The van der Waals surface area contributed by atoms with E-state index >= 15 is 0 Å². The Morgan fingerprint density at radius 3 is 2.61 bits per heavy atom. The van der Waals surface area contributed by atoms with E-state index in [1.165, 1.54) is 22.7 Å². The molecular formula is C21H29ClN4O3S2. The molecule has 7 nitrogen and oxygen atoms in total.